The fourth-order valence-electron chi connectivity index (χ4n) is 2.18. The minimum absolute atomic E-state index is 0.146. The molecule has 23 heavy (non-hydrogen) atoms. The van der Waals surface area contributed by atoms with E-state index in [-0.39, 0.29) is 6.29 Å². The van der Waals surface area contributed by atoms with Crippen molar-refractivity contribution in [3.8, 4) is 6.07 Å². The number of benzene rings is 1. The number of carbonyl (C=O) groups is 1. The molecule has 2 atom stereocenters. The molecule has 0 N–H and O–H groups in total. The number of ether oxygens (including phenoxy) is 1. The summed E-state index contributed by atoms with van der Waals surface area (Å²) in [5.41, 5.74) is -2.51. The van der Waals surface area contributed by atoms with Crippen molar-refractivity contribution >= 4 is 12.0 Å². The largest absolute Gasteiger partial charge is 0.433 e. The summed E-state index contributed by atoms with van der Waals surface area (Å²) in [5, 5.41) is 8.68. The Balaban J connectivity index is 2.48. The SMILES string of the molecule is N#Cc1ccc(N2C[C@H](C=O)O[C@H]2C(F)(F)F)cc1C(F)(F)F. The standard InChI is InChI=1S/C13H8F6N2O2/c14-12(15,16)10-3-8(2-1-7(10)4-20)21-5-9(6-22)23-11(21)13(17,18)19/h1-3,6,9,11H,5H2/t9-,11+/m1/s1. The summed E-state index contributed by atoms with van der Waals surface area (Å²) in [6.45, 7) is -0.545. The summed E-state index contributed by atoms with van der Waals surface area (Å²) >= 11 is 0. The Bertz CT molecular complexity index is 649. The molecule has 0 bridgehead atoms. The molecule has 1 aliphatic heterocycles. The third-order valence-corrected chi connectivity index (χ3v) is 3.16. The molecule has 124 valence electrons. The Morgan fingerprint density at radius 2 is 1.91 bits per heavy atom. The van der Waals surface area contributed by atoms with Gasteiger partial charge in [0.1, 0.15) is 6.10 Å². The first-order chi connectivity index (χ1) is 10.6. The number of halogens is 6. The highest BCUT2D eigenvalue weighted by Gasteiger charge is 2.51. The Morgan fingerprint density at radius 1 is 1.26 bits per heavy atom. The zero-order valence-corrected chi connectivity index (χ0v) is 11.1. The lowest BCUT2D eigenvalue weighted by Gasteiger charge is -2.27. The number of nitriles is 1. The second-order valence-electron chi connectivity index (χ2n) is 4.70. The second kappa shape index (κ2) is 5.73. The topological polar surface area (TPSA) is 53.3 Å². The van der Waals surface area contributed by atoms with Crippen molar-refractivity contribution in [3.63, 3.8) is 0 Å². The molecule has 0 saturated carbocycles. The predicted octanol–water partition coefficient (Wildman–Crippen LogP) is 2.87. The molecule has 2 rings (SSSR count). The minimum Gasteiger partial charge on any atom is -0.337 e. The van der Waals surface area contributed by atoms with Gasteiger partial charge in [-0.2, -0.15) is 31.6 Å². The smallest absolute Gasteiger partial charge is 0.337 e. The van der Waals surface area contributed by atoms with Crippen molar-refractivity contribution in [2.24, 2.45) is 0 Å². The number of rotatable bonds is 2. The van der Waals surface area contributed by atoms with Crippen LogP contribution in [0, 0.1) is 11.3 Å². The highest BCUT2D eigenvalue weighted by molar-refractivity contribution is 5.62. The number of nitrogens with zero attached hydrogens (tertiary/aromatic N) is 2. The van der Waals surface area contributed by atoms with E-state index in [2.05, 4.69) is 4.74 Å². The first kappa shape index (κ1) is 17.1. The zero-order valence-electron chi connectivity index (χ0n) is 11.1. The number of aldehydes is 1. The van der Waals surface area contributed by atoms with Crippen molar-refractivity contribution in [3.05, 3.63) is 29.3 Å². The molecule has 0 radical (unpaired) electrons. The maximum absolute atomic E-state index is 12.9. The van der Waals surface area contributed by atoms with Crippen molar-refractivity contribution in [2.75, 3.05) is 11.4 Å². The number of carbonyl (C=O) groups excluding carboxylic acids is 1. The van der Waals surface area contributed by atoms with E-state index < -0.39 is 48.0 Å². The van der Waals surface area contributed by atoms with Crippen LogP contribution >= 0.6 is 0 Å². The molecule has 0 aliphatic carbocycles. The predicted molar refractivity (Wildman–Crippen MR) is 64.3 cm³/mol. The molecule has 1 fully saturated rings. The van der Waals surface area contributed by atoms with Gasteiger partial charge in [0.25, 0.3) is 0 Å². The Hall–Kier alpha value is -2.28. The van der Waals surface area contributed by atoms with E-state index in [9.17, 15) is 31.1 Å². The lowest BCUT2D eigenvalue weighted by Crippen LogP contribution is -2.42. The van der Waals surface area contributed by atoms with Crippen LogP contribution in [0.1, 0.15) is 11.1 Å². The van der Waals surface area contributed by atoms with Gasteiger partial charge in [-0.15, -0.1) is 0 Å². The molecule has 1 heterocycles. The molecule has 1 saturated heterocycles. The van der Waals surface area contributed by atoms with Gasteiger partial charge in [-0.3, -0.25) is 0 Å². The quantitative estimate of drug-likeness (QED) is 0.615. The summed E-state index contributed by atoms with van der Waals surface area (Å²) < 4.78 is 82.0. The van der Waals surface area contributed by atoms with Gasteiger partial charge < -0.3 is 14.4 Å². The van der Waals surface area contributed by atoms with E-state index >= 15 is 0 Å². The lowest BCUT2D eigenvalue weighted by atomic mass is 10.1. The van der Waals surface area contributed by atoms with Crippen LogP contribution in [0.5, 0.6) is 0 Å². The Labute approximate surface area is 125 Å². The van der Waals surface area contributed by atoms with Crippen LogP contribution < -0.4 is 4.90 Å². The van der Waals surface area contributed by atoms with Gasteiger partial charge in [0.15, 0.2) is 6.29 Å². The highest BCUT2D eigenvalue weighted by Crippen LogP contribution is 2.38. The molecule has 0 amide bonds. The average molecular weight is 338 g/mol. The number of alkyl halides is 6. The van der Waals surface area contributed by atoms with Crippen LogP contribution in [-0.4, -0.2) is 31.3 Å². The lowest BCUT2D eigenvalue weighted by molar-refractivity contribution is -0.211. The van der Waals surface area contributed by atoms with E-state index in [0.717, 1.165) is 12.1 Å². The van der Waals surface area contributed by atoms with Crippen LogP contribution in [0.3, 0.4) is 0 Å². The van der Waals surface area contributed by atoms with Crippen LogP contribution in [-0.2, 0) is 15.7 Å². The maximum Gasteiger partial charge on any atom is 0.433 e. The normalized spacial score (nSPS) is 22.0. The zero-order chi connectivity index (χ0) is 17.4. The summed E-state index contributed by atoms with van der Waals surface area (Å²) in [4.78, 5) is 11.2. The third-order valence-electron chi connectivity index (χ3n) is 3.16. The summed E-state index contributed by atoms with van der Waals surface area (Å²) in [6, 6.07) is 3.50. The van der Waals surface area contributed by atoms with Crippen molar-refractivity contribution in [2.45, 2.75) is 24.7 Å². The molecular weight excluding hydrogens is 330 g/mol. The molecular formula is C13H8F6N2O2. The monoisotopic (exact) mass is 338 g/mol. The molecule has 1 aromatic rings. The van der Waals surface area contributed by atoms with E-state index in [0.29, 0.717) is 11.0 Å². The van der Waals surface area contributed by atoms with Gasteiger partial charge in [0, 0.05) is 5.69 Å². The molecule has 1 aliphatic rings. The minimum atomic E-state index is -4.90. The second-order valence-corrected chi connectivity index (χ2v) is 4.70. The highest BCUT2D eigenvalue weighted by atomic mass is 19.4. The van der Waals surface area contributed by atoms with Crippen molar-refractivity contribution in [1.29, 1.82) is 5.26 Å². The first-order valence-corrected chi connectivity index (χ1v) is 6.13. The molecule has 0 spiro atoms. The molecule has 0 aromatic heterocycles. The summed E-state index contributed by atoms with van der Waals surface area (Å²) in [6.07, 6.45) is -13.6. The molecule has 4 nitrogen and oxygen atoms in total. The average Bonchev–Trinajstić information content (AvgIpc) is 2.90. The van der Waals surface area contributed by atoms with Gasteiger partial charge in [-0.1, -0.05) is 0 Å². The molecule has 10 heteroatoms. The van der Waals surface area contributed by atoms with Crippen LogP contribution in [0.15, 0.2) is 18.2 Å². The third kappa shape index (κ3) is 3.39. The van der Waals surface area contributed by atoms with E-state index in [1.807, 2.05) is 0 Å². The van der Waals surface area contributed by atoms with Gasteiger partial charge in [-0.25, -0.2) is 0 Å². The first-order valence-electron chi connectivity index (χ1n) is 6.13. The number of hydrogen-bond donors (Lipinski definition) is 0. The van der Waals surface area contributed by atoms with Gasteiger partial charge in [-0.05, 0) is 18.2 Å². The van der Waals surface area contributed by atoms with Crippen molar-refractivity contribution in [1.82, 2.24) is 0 Å². The van der Waals surface area contributed by atoms with Crippen molar-refractivity contribution < 1.29 is 35.9 Å². The molecule has 1 aromatic carbocycles. The van der Waals surface area contributed by atoms with E-state index in [4.69, 9.17) is 5.26 Å². The van der Waals surface area contributed by atoms with Crippen LogP contribution in [0.4, 0.5) is 32.0 Å². The Morgan fingerprint density at radius 3 is 2.39 bits per heavy atom. The van der Waals surface area contributed by atoms with Gasteiger partial charge in [0.05, 0.1) is 23.7 Å². The van der Waals surface area contributed by atoms with Crippen LogP contribution in [0.2, 0.25) is 0 Å². The van der Waals surface area contributed by atoms with E-state index in [1.165, 1.54) is 6.07 Å². The number of anilines is 1. The van der Waals surface area contributed by atoms with E-state index in [1.54, 1.807) is 0 Å². The fraction of sp³-hybridized carbons (Fsp3) is 0.385. The van der Waals surface area contributed by atoms with Gasteiger partial charge in [0.2, 0.25) is 6.23 Å². The Kier molecular flexibility index (Phi) is 4.26. The fourth-order valence-corrected chi connectivity index (χ4v) is 2.18. The number of hydrogen-bond acceptors (Lipinski definition) is 4. The molecule has 0 unspecified atom stereocenters. The summed E-state index contributed by atoms with van der Waals surface area (Å²) in [7, 11) is 0. The van der Waals surface area contributed by atoms with Crippen LogP contribution in [0.25, 0.3) is 0 Å². The maximum atomic E-state index is 12.9. The van der Waals surface area contributed by atoms with Gasteiger partial charge >= 0.3 is 12.4 Å². The summed E-state index contributed by atoms with van der Waals surface area (Å²) in [5.74, 6) is 0.